The summed E-state index contributed by atoms with van der Waals surface area (Å²) in [5, 5.41) is 12.6. The van der Waals surface area contributed by atoms with Crippen molar-refractivity contribution < 1.29 is 14.3 Å². The summed E-state index contributed by atoms with van der Waals surface area (Å²) in [6, 6.07) is 1.19. The number of hydrogen-bond donors (Lipinski definition) is 1. The van der Waals surface area contributed by atoms with E-state index < -0.39 is 17.2 Å². The molecule has 1 saturated heterocycles. The van der Waals surface area contributed by atoms with Crippen molar-refractivity contribution in [3.8, 4) is 0 Å². The molecule has 0 spiro atoms. The molecule has 1 fully saturated rings. The smallest absolute Gasteiger partial charge is 0.342 e. The van der Waals surface area contributed by atoms with E-state index in [4.69, 9.17) is 0 Å². The fraction of sp³-hybridized carbons (Fsp3) is 0.316. The van der Waals surface area contributed by atoms with Gasteiger partial charge in [-0.05, 0) is 13.1 Å². The number of aromatic carboxylic acids is 1. The molecule has 1 aliphatic rings. The van der Waals surface area contributed by atoms with Gasteiger partial charge in [-0.3, -0.25) is 14.2 Å². The van der Waals surface area contributed by atoms with Crippen LogP contribution in [0.5, 0.6) is 0 Å². The van der Waals surface area contributed by atoms with E-state index in [-0.39, 0.29) is 10.9 Å². The summed E-state index contributed by atoms with van der Waals surface area (Å²) in [6.45, 7) is 2.95. The number of nitrogens with zero attached hydrogens (tertiary/aromatic N) is 4. The minimum Gasteiger partial charge on any atom is -0.477 e. The minimum absolute atomic E-state index is 0.0820. The predicted molar refractivity (Wildman–Crippen MR) is 107 cm³/mol. The number of halogens is 1. The molecule has 3 aromatic heterocycles. The number of carboxylic acid groups (broad SMARTS) is 1. The standard InChI is InChI=1S/C19H17FN4O3S/c1-21-14-11-8-28-18-13(19(26)27)17(25)9-7-10(20)16(12(14)15(9)24(11)18)23-5-3-22(2)4-6-23/h7-8H,3-6H2,1-2H3,(H,26,27)/b21-14+. The van der Waals surface area contributed by atoms with Gasteiger partial charge in [0, 0.05) is 38.6 Å². The van der Waals surface area contributed by atoms with Crippen LogP contribution in [0.1, 0.15) is 10.4 Å². The maximum absolute atomic E-state index is 15.3. The largest absolute Gasteiger partial charge is 0.477 e. The van der Waals surface area contributed by atoms with Crippen LogP contribution in [0, 0.1) is 5.82 Å². The Morgan fingerprint density at radius 2 is 2.00 bits per heavy atom. The van der Waals surface area contributed by atoms with E-state index in [2.05, 4.69) is 9.89 Å². The predicted octanol–water partition coefficient (Wildman–Crippen LogP) is 1.66. The highest BCUT2D eigenvalue weighted by atomic mass is 32.1. The lowest BCUT2D eigenvalue weighted by atomic mass is 10.1. The quantitative estimate of drug-likeness (QED) is 0.554. The molecule has 0 radical (unpaired) electrons. The van der Waals surface area contributed by atoms with Gasteiger partial charge >= 0.3 is 5.97 Å². The van der Waals surface area contributed by atoms with Gasteiger partial charge in [0.05, 0.1) is 32.9 Å². The lowest BCUT2D eigenvalue weighted by molar-refractivity contribution is 0.0697. The number of likely N-dealkylation sites (N-methyl/N-ethyl adjacent to an activating group) is 1. The maximum Gasteiger partial charge on any atom is 0.342 e. The Labute approximate surface area is 162 Å². The highest BCUT2D eigenvalue weighted by Gasteiger charge is 2.29. The molecule has 0 bridgehead atoms. The molecular formula is C19H17FN4O3S. The normalized spacial score (nSPS) is 17.0. The van der Waals surface area contributed by atoms with Crippen LogP contribution in [-0.4, -0.2) is 60.7 Å². The third-order valence-electron chi connectivity index (χ3n) is 5.60. The van der Waals surface area contributed by atoms with Crippen LogP contribution in [0.25, 0.3) is 26.6 Å². The Morgan fingerprint density at radius 3 is 2.64 bits per heavy atom. The maximum atomic E-state index is 15.3. The summed E-state index contributed by atoms with van der Waals surface area (Å²) in [7, 11) is 3.66. The van der Waals surface area contributed by atoms with Gasteiger partial charge in [0.2, 0.25) is 5.43 Å². The van der Waals surface area contributed by atoms with Crippen LogP contribution in [0.15, 0.2) is 21.2 Å². The summed E-state index contributed by atoms with van der Waals surface area (Å²) in [6.07, 6.45) is 0. The molecule has 0 aliphatic carbocycles. The second kappa shape index (κ2) is 5.86. The van der Waals surface area contributed by atoms with Crippen molar-refractivity contribution in [2.24, 2.45) is 4.99 Å². The monoisotopic (exact) mass is 400 g/mol. The molecule has 144 valence electrons. The minimum atomic E-state index is -1.31. The third kappa shape index (κ3) is 2.08. The van der Waals surface area contributed by atoms with E-state index >= 15 is 4.39 Å². The number of carboxylic acids is 1. The molecule has 1 aromatic carbocycles. The zero-order valence-electron chi connectivity index (χ0n) is 15.3. The topological polar surface area (TPSA) is 77.6 Å². The van der Waals surface area contributed by atoms with E-state index in [0.717, 1.165) is 13.1 Å². The van der Waals surface area contributed by atoms with E-state index in [0.29, 0.717) is 45.4 Å². The molecule has 0 amide bonds. The Balaban J connectivity index is 1.99. The highest BCUT2D eigenvalue weighted by molar-refractivity contribution is 7.16. The van der Waals surface area contributed by atoms with Crippen molar-refractivity contribution >= 4 is 49.6 Å². The van der Waals surface area contributed by atoms with Gasteiger partial charge in [-0.2, -0.15) is 0 Å². The van der Waals surface area contributed by atoms with Crippen molar-refractivity contribution in [1.82, 2.24) is 9.30 Å². The van der Waals surface area contributed by atoms with Crippen LogP contribution in [-0.2, 0) is 0 Å². The van der Waals surface area contributed by atoms with Crippen LogP contribution in [0.4, 0.5) is 10.1 Å². The van der Waals surface area contributed by atoms with Crippen LogP contribution in [0.3, 0.4) is 0 Å². The first-order chi connectivity index (χ1) is 13.4. The average molecular weight is 400 g/mol. The van der Waals surface area contributed by atoms with Gasteiger partial charge in [-0.15, -0.1) is 11.3 Å². The Hall–Kier alpha value is -2.78. The van der Waals surface area contributed by atoms with Gasteiger partial charge < -0.3 is 14.9 Å². The van der Waals surface area contributed by atoms with Crippen LogP contribution >= 0.6 is 11.3 Å². The molecule has 1 N–H and O–H groups in total. The SMILES string of the molecule is C/N=c1/c2c(N3CCN(C)CC3)c(F)cc3c(=O)c(C(=O)O)c4scc1n4c32. The highest BCUT2D eigenvalue weighted by Crippen LogP contribution is 2.36. The molecule has 0 atom stereocenters. The fourth-order valence-electron chi connectivity index (χ4n) is 4.25. The zero-order chi connectivity index (χ0) is 19.7. The van der Waals surface area contributed by atoms with E-state index in [1.165, 1.54) is 17.4 Å². The van der Waals surface area contributed by atoms with E-state index in [9.17, 15) is 14.7 Å². The van der Waals surface area contributed by atoms with Gasteiger partial charge in [0.1, 0.15) is 16.2 Å². The lowest BCUT2D eigenvalue weighted by Crippen LogP contribution is -2.45. The van der Waals surface area contributed by atoms with Gasteiger partial charge in [0.15, 0.2) is 0 Å². The summed E-state index contributed by atoms with van der Waals surface area (Å²) < 4.78 is 17.1. The molecule has 4 aromatic rings. The van der Waals surface area contributed by atoms with Crippen molar-refractivity contribution in [3.05, 3.63) is 38.4 Å². The Kier molecular flexibility index (Phi) is 3.62. The van der Waals surface area contributed by atoms with E-state index in [1.54, 1.807) is 16.8 Å². The number of piperazine rings is 1. The van der Waals surface area contributed by atoms with E-state index in [1.807, 2.05) is 11.9 Å². The van der Waals surface area contributed by atoms with Gasteiger partial charge in [0.25, 0.3) is 0 Å². The molecular weight excluding hydrogens is 383 g/mol. The summed E-state index contributed by atoms with van der Waals surface area (Å²) in [5.74, 6) is -1.82. The molecule has 7 nitrogen and oxygen atoms in total. The number of carbonyl (C=O) groups is 1. The van der Waals surface area contributed by atoms with Gasteiger partial charge in [-0.1, -0.05) is 0 Å². The van der Waals surface area contributed by atoms with Crippen molar-refractivity contribution in [2.45, 2.75) is 0 Å². The number of aromatic nitrogens is 1. The van der Waals surface area contributed by atoms with Crippen LogP contribution in [0.2, 0.25) is 0 Å². The summed E-state index contributed by atoms with van der Waals surface area (Å²) in [5.41, 5.74) is 0.721. The van der Waals surface area contributed by atoms with Gasteiger partial charge in [-0.25, -0.2) is 9.18 Å². The Morgan fingerprint density at radius 1 is 1.29 bits per heavy atom. The summed E-state index contributed by atoms with van der Waals surface area (Å²) in [4.78, 5) is 33.6. The number of anilines is 1. The van der Waals surface area contributed by atoms with Crippen LogP contribution < -0.4 is 15.7 Å². The molecule has 0 saturated carbocycles. The molecule has 28 heavy (non-hydrogen) atoms. The zero-order valence-corrected chi connectivity index (χ0v) is 16.1. The number of thiazole rings is 1. The number of benzene rings is 1. The number of hydrogen-bond acceptors (Lipinski definition) is 6. The summed E-state index contributed by atoms with van der Waals surface area (Å²) >= 11 is 1.19. The second-order valence-electron chi connectivity index (χ2n) is 7.11. The first-order valence-corrected chi connectivity index (χ1v) is 9.78. The number of rotatable bonds is 2. The van der Waals surface area contributed by atoms with Crippen molar-refractivity contribution in [1.29, 1.82) is 0 Å². The molecule has 0 unspecified atom stereocenters. The second-order valence-corrected chi connectivity index (χ2v) is 7.97. The average Bonchev–Trinajstić information content (AvgIpc) is 3.21. The first kappa shape index (κ1) is 17.3. The molecule has 9 heteroatoms. The molecule has 4 heterocycles. The fourth-order valence-corrected chi connectivity index (χ4v) is 5.29. The lowest BCUT2D eigenvalue weighted by Gasteiger charge is -2.34. The Bertz CT molecular complexity index is 1370. The van der Waals surface area contributed by atoms with Crippen molar-refractivity contribution in [3.63, 3.8) is 0 Å². The third-order valence-corrected chi connectivity index (χ3v) is 6.55. The first-order valence-electron chi connectivity index (χ1n) is 8.90. The molecule has 1 aliphatic heterocycles. The molecule has 5 rings (SSSR count). The van der Waals surface area contributed by atoms with Crippen molar-refractivity contribution in [2.75, 3.05) is 45.2 Å². The number of pyridine rings is 1.